The molecule has 1 aromatic rings. The van der Waals surface area contributed by atoms with Gasteiger partial charge in [0.1, 0.15) is 6.54 Å². The molecule has 0 aromatic heterocycles. The first kappa shape index (κ1) is 19.3. The Labute approximate surface area is 144 Å². The average molecular weight is 391 g/mol. The summed E-state index contributed by atoms with van der Waals surface area (Å²) in [5.74, 6) is -3.45. The molecule has 1 aliphatic heterocycles. The maximum absolute atomic E-state index is 12.9. The summed E-state index contributed by atoms with van der Waals surface area (Å²) in [4.78, 5) is 21.9. The number of aryl methyl sites for hydroxylation is 1. The lowest BCUT2D eigenvalue weighted by Crippen LogP contribution is -2.44. The first-order valence-electron chi connectivity index (χ1n) is 7.22. The molecule has 0 unspecified atom stereocenters. The summed E-state index contributed by atoms with van der Waals surface area (Å²) in [7, 11) is -7.84. The zero-order valence-electron chi connectivity index (χ0n) is 13.2. The monoisotopic (exact) mass is 391 g/mol. The standard InChI is InChI=1S/C14H17NO8S2/c1-9-2-3-10(14(18)19)6-12(9)25(22,23)15(7-13(16)17)11-4-5-24(20,21)8-11/h2-3,6,11H,4-5,7-8H2,1H3,(H,16,17)(H,18,19)/t11-/m0/s1. The molecule has 138 valence electrons. The number of nitrogens with zero attached hydrogens (tertiary/aromatic N) is 1. The minimum atomic E-state index is -4.39. The maximum atomic E-state index is 12.9. The van der Waals surface area contributed by atoms with Gasteiger partial charge in [-0.1, -0.05) is 6.07 Å². The van der Waals surface area contributed by atoms with Gasteiger partial charge < -0.3 is 10.2 Å². The summed E-state index contributed by atoms with van der Waals surface area (Å²) in [6.45, 7) is 0.544. The normalized spacial score (nSPS) is 19.8. The van der Waals surface area contributed by atoms with E-state index in [1.165, 1.54) is 19.1 Å². The number of sulfonamides is 1. The Morgan fingerprint density at radius 2 is 1.92 bits per heavy atom. The lowest BCUT2D eigenvalue weighted by molar-refractivity contribution is -0.137. The van der Waals surface area contributed by atoms with Crippen molar-refractivity contribution in [2.45, 2.75) is 24.3 Å². The van der Waals surface area contributed by atoms with Gasteiger partial charge in [-0.25, -0.2) is 21.6 Å². The van der Waals surface area contributed by atoms with E-state index in [4.69, 9.17) is 10.2 Å². The Bertz CT molecular complexity index is 920. The van der Waals surface area contributed by atoms with Gasteiger partial charge in [0, 0.05) is 6.04 Å². The van der Waals surface area contributed by atoms with Crippen molar-refractivity contribution in [2.75, 3.05) is 18.1 Å². The zero-order chi connectivity index (χ0) is 19.0. The number of carbonyl (C=O) groups is 2. The van der Waals surface area contributed by atoms with E-state index < -0.39 is 50.1 Å². The molecule has 0 spiro atoms. The third-order valence-corrected chi connectivity index (χ3v) is 7.72. The second kappa shape index (κ2) is 6.73. The largest absolute Gasteiger partial charge is 0.480 e. The predicted octanol–water partition coefficient (Wildman–Crippen LogP) is -0.0444. The summed E-state index contributed by atoms with van der Waals surface area (Å²) in [6, 6.07) is 2.49. The van der Waals surface area contributed by atoms with Crippen LogP contribution in [0.2, 0.25) is 0 Å². The van der Waals surface area contributed by atoms with Crippen molar-refractivity contribution in [2.24, 2.45) is 0 Å². The SMILES string of the molecule is Cc1ccc(C(=O)O)cc1S(=O)(=O)N(CC(=O)O)[C@H]1CCS(=O)(=O)C1. The number of rotatable bonds is 6. The van der Waals surface area contributed by atoms with Crippen LogP contribution in [-0.2, 0) is 24.7 Å². The Morgan fingerprint density at radius 1 is 1.28 bits per heavy atom. The first-order valence-corrected chi connectivity index (χ1v) is 10.5. The van der Waals surface area contributed by atoms with Crippen LogP contribution in [0, 0.1) is 6.92 Å². The molecule has 1 fully saturated rings. The number of aromatic carboxylic acids is 1. The van der Waals surface area contributed by atoms with Gasteiger partial charge in [0.15, 0.2) is 9.84 Å². The second-order valence-electron chi connectivity index (χ2n) is 5.79. The van der Waals surface area contributed by atoms with Crippen LogP contribution in [0.3, 0.4) is 0 Å². The third-order valence-electron chi connectivity index (χ3n) is 3.93. The number of aliphatic carboxylic acids is 1. The highest BCUT2D eigenvalue weighted by molar-refractivity contribution is 7.92. The number of hydrogen-bond acceptors (Lipinski definition) is 6. The lowest BCUT2D eigenvalue weighted by atomic mass is 10.1. The topological polar surface area (TPSA) is 146 Å². The first-order chi connectivity index (χ1) is 11.4. The number of hydrogen-bond donors (Lipinski definition) is 2. The molecule has 2 N–H and O–H groups in total. The Hall–Kier alpha value is -1.98. The van der Waals surface area contributed by atoms with E-state index in [9.17, 15) is 26.4 Å². The van der Waals surface area contributed by atoms with E-state index in [1.807, 2.05) is 0 Å². The number of carboxylic acids is 2. The van der Waals surface area contributed by atoms with Gasteiger partial charge in [-0.15, -0.1) is 0 Å². The minimum Gasteiger partial charge on any atom is -0.480 e. The van der Waals surface area contributed by atoms with Crippen molar-refractivity contribution < 1.29 is 36.6 Å². The Morgan fingerprint density at radius 3 is 2.40 bits per heavy atom. The molecular weight excluding hydrogens is 374 g/mol. The average Bonchev–Trinajstić information content (AvgIpc) is 2.84. The van der Waals surface area contributed by atoms with Crippen LogP contribution in [0.1, 0.15) is 22.3 Å². The maximum Gasteiger partial charge on any atom is 0.335 e. The third kappa shape index (κ3) is 4.17. The van der Waals surface area contributed by atoms with Crippen LogP contribution in [0.4, 0.5) is 0 Å². The Balaban J connectivity index is 2.54. The molecule has 0 radical (unpaired) electrons. The second-order valence-corrected chi connectivity index (χ2v) is 9.87. The summed E-state index contributed by atoms with van der Waals surface area (Å²) in [5, 5.41) is 18.1. The molecule has 2 rings (SSSR count). The van der Waals surface area contributed by atoms with Gasteiger partial charge in [0.25, 0.3) is 0 Å². The highest BCUT2D eigenvalue weighted by Crippen LogP contribution is 2.27. The number of carboxylic acid groups (broad SMARTS) is 2. The molecule has 9 nitrogen and oxygen atoms in total. The van der Waals surface area contributed by atoms with Crippen molar-refractivity contribution in [1.82, 2.24) is 4.31 Å². The minimum absolute atomic E-state index is 0.00743. The molecule has 0 amide bonds. The quantitative estimate of drug-likeness (QED) is 0.686. The highest BCUT2D eigenvalue weighted by Gasteiger charge is 2.40. The van der Waals surface area contributed by atoms with Gasteiger partial charge in [-0.05, 0) is 31.0 Å². The fourth-order valence-electron chi connectivity index (χ4n) is 2.68. The van der Waals surface area contributed by atoms with Crippen LogP contribution in [0.5, 0.6) is 0 Å². The van der Waals surface area contributed by atoms with Crippen molar-refractivity contribution in [3.05, 3.63) is 29.3 Å². The number of sulfone groups is 1. The molecule has 1 atom stereocenters. The van der Waals surface area contributed by atoms with Gasteiger partial charge in [0.2, 0.25) is 10.0 Å². The molecule has 0 bridgehead atoms. The van der Waals surface area contributed by atoms with Gasteiger partial charge in [-0.3, -0.25) is 4.79 Å². The van der Waals surface area contributed by atoms with Crippen LogP contribution in [-0.4, -0.2) is 67.4 Å². The molecule has 1 heterocycles. The fourth-order valence-corrected chi connectivity index (χ4v) is 6.36. The van der Waals surface area contributed by atoms with Crippen LogP contribution >= 0.6 is 0 Å². The zero-order valence-corrected chi connectivity index (χ0v) is 14.9. The lowest BCUT2D eigenvalue weighted by Gasteiger charge is -2.26. The predicted molar refractivity (Wildman–Crippen MR) is 86.7 cm³/mol. The van der Waals surface area contributed by atoms with Crippen LogP contribution < -0.4 is 0 Å². The summed E-state index contributed by atoms with van der Waals surface area (Å²) < 4.78 is 49.8. The van der Waals surface area contributed by atoms with E-state index in [0.717, 1.165) is 6.07 Å². The summed E-state index contributed by atoms with van der Waals surface area (Å²) >= 11 is 0. The van der Waals surface area contributed by atoms with Crippen molar-refractivity contribution in [1.29, 1.82) is 0 Å². The van der Waals surface area contributed by atoms with E-state index in [-0.39, 0.29) is 28.2 Å². The molecule has 25 heavy (non-hydrogen) atoms. The van der Waals surface area contributed by atoms with Crippen molar-refractivity contribution in [3.8, 4) is 0 Å². The fraction of sp³-hybridized carbons (Fsp3) is 0.429. The van der Waals surface area contributed by atoms with Crippen molar-refractivity contribution in [3.63, 3.8) is 0 Å². The van der Waals surface area contributed by atoms with Gasteiger partial charge >= 0.3 is 11.9 Å². The van der Waals surface area contributed by atoms with Gasteiger partial charge in [-0.2, -0.15) is 4.31 Å². The van der Waals surface area contributed by atoms with Crippen LogP contribution in [0.25, 0.3) is 0 Å². The van der Waals surface area contributed by atoms with Crippen molar-refractivity contribution >= 4 is 31.8 Å². The van der Waals surface area contributed by atoms with E-state index in [2.05, 4.69) is 0 Å². The molecule has 1 saturated heterocycles. The van der Waals surface area contributed by atoms with Crippen LogP contribution in [0.15, 0.2) is 23.1 Å². The smallest absolute Gasteiger partial charge is 0.335 e. The Kier molecular flexibility index (Phi) is 5.21. The molecule has 1 aromatic carbocycles. The van der Waals surface area contributed by atoms with Gasteiger partial charge in [0.05, 0.1) is 22.0 Å². The molecular formula is C14H17NO8S2. The molecule has 0 aliphatic carbocycles. The van der Waals surface area contributed by atoms with E-state index in [1.54, 1.807) is 0 Å². The molecule has 0 saturated carbocycles. The number of benzene rings is 1. The molecule has 11 heteroatoms. The van der Waals surface area contributed by atoms with E-state index in [0.29, 0.717) is 4.31 Å². The summed E-state index contributed by atoms with van der Waals surface area (Å²) in [5.41, 5.74) is -0.0280. The summed E-state index contributed by atoms with van der Waals surface area (Å²) in [6.07, 6.45) is -0.00743. The molecule has 1 aliphatic rings. The van der Waals surface area contributed by atoms with E-state index >= 15 is 0 Å². The highest BCUT2D eigenvalue weighted by atomic mass is 32.2.